The van der Waals surface area contributed by atoms with Crippen LogP contribution in [0.4, 0.5) is 0 Å². The van der Waals surface area contributed by atoms with Gasteiger partial charge < -0.3 is 14.2 Å². The highest BCUT2D eigenvalue weighted by Crippen LogP contribution is 2.31. The molecule has 0 spiro atoms. The number of ketones is 1. The van der Waals surface area contributed by atoms with Crippen LogP contribution in [0.25, 0.3) is 0 Å². The number of ether oxygens (including phenoxy) is 3. The topological polar surface area (TPSA) is 99.2 Å². The second-order valence-electron chi connectivity index (χ2n) is 5.45. The Bertz CT molecular complexity index is 503. The number of hydrogen-bond donors (Lipinski definition) is 0. The maximum atomic E-state index is 12.4. The summed E-state index contributed by atoms with van der Waals surface area (Å²) in [6.45, 7) is 4.47. The summed E-state index contributed by atoms with van der Waals surface area (Å²) in [5, 5.41) is 0. The predicted molar refractivity (Wildman–Crippen MR) is 71.6 cm³/mol. The van der Waals surface area contributed by atoms with Crippen LogP contribution in [0, 0.1) is 0 Å². The van der Waals surface area contributed by atoms with Gasteiger partial charge in [-0.05, 0) is 6.42 Å². The summed E-state index contributed by atoms with van der Waals surface area (Å²) in [7, 11) is 0. The van der Waals surface area contributed by atoms with Crippen molar-refractivity contribution in [3.63, 3.8) is 0 Å². The molecule has 2 aliphatic rings. The van der Waals surface area contributed by atoms with Gasteiger partial charge in [-0.2, -0.15) is 0 Å². The maximum absolute atomic E-state index is 12.4. The van der Waals surface area contributed by atoms with E-state index in [0.29, 0.717) is 13.0 Å². The molecule has 0 aliphatic carbocycles. The SMILES string of the molecule is CC(=O)O[C@H]1CN2CC[C@H](OC(C)=O)[C@@H]2[C@@H](OC(C)=O)C1=O. The molecule has 0 saturated carbocycles. The number of esters is 3. The lowest BCUT2D eigenvalue weighted by Crippen LogP contribution is -2.61. The van der Waals surface area contributed by atoms with E-state index in [9.17, 15) is 19.2 Å². The van der Waals surface area contributed by atoms with Gasteiger partial charge in [-0.15, -0.1) is 0 Å². The molecule has 2 heterocycles. The summed E-state index contributed by atoms with van der Waals surface area (Å²) in [4.78, 5) is 47.9. The minimum Gasteiger partial charge on any atom is -0.461 e. The minimum atomic E-state index is -1.11. The van der Waals surface area contributed by atoms with Crippen LogP contribution in [-0.2, 0) is 33.4 Å². The molecule has 2 aliphatic heterocycles. The standard InChI is InChI=1S/C14H19NO7/c1-7(16)20-10-4-5-15-6-11(21-8(2)17)13(19)14(12(10)15)22-9(3)18/h10-12,14H,4-6H2,1-3H3/t10-,11-,12+,14+/m0/s1. The Kier molecular flexibility index (Phi) is 4.80. The zero-order valence-corrected chi connectivity index (χ0v) is 12.7. The van der Waals surface area contributed by atoms with Crippen molar-refractivity contribution in [3.8, 4) is 0 Å². The normalized spacial score (nSPS) is 31.3. The van der Waals surface area contributed by atoms with Gasteiger partial charge in [-0.25, -0.2) is 0 Å². The Morgan fingerprint density at radius 1 is 1.00 bits per heavy atom. The first kappa shape index (κ1) is 16.4. The van der Waals surface area contributed by atoms with Crippen LogP contribution < -0.4 is 0 Å². The zero-order chi connectivity index (χ0) is 16.4. The van der Waals surface area contributed by atoms with E-state index in [4.69, 9.17) is 14.2 Å². The fourth-order valence-electron chi connectivity index (χ4n) is 3.05. The third kappa shape index (κ3) is 3.44. The number of carbonyl (C=O) groups is 4. The summed E-state index contributed by atoms with van der Waals surface area (Å²) in [6.07, 6.45) is -2.08. The molecule has 4 atom stereocenters. The summed E-state index contributed by atoms with van der Waals surface area (Å²) >= 11 is 0. The van der Waals surface area contributed by atoms with Crippen LogP contribution in [0.5, 0.6) is 0 Å². The van der Waals surface area contributed by atoms with Crippen molar-refractivity contribution >= 4 is 23.7 Å². The van der Waals surface area contributed by atoms with Crippen molar-refractivity contribution in [3.05, 3.63) is 0 Å². The Balaban J connectivity index is 2.23. The van der Waals surface area contributed by atoms with Gasteiger partial charge in [0, 0.05) is 33.9 Å². The van der Waals surface area contributed by atoms with Crippen molar-refractivity contribution < 1.29 is 33.4 Å². The summed E-state index contributed by atoms with van der Waals surface area (Å²) in [5.74, 6) is -2.13. The van der Waals surface area contributed by atoms with Crippen molar-refractivity contribution in [2.45, 2.75) is 51.5 Å². The van der Waals surface area contributed by atoms with Gasteiger partial charge in [0.05, 0.1) is 6.04 Å². The van der Waals surface area contributed by atoms with E-state index >= 15 is 0 Å². The molecule has 22 heavy (non-hydrogen) atoms. The van der Waals surface area contributed by atoms with E-state index in [1.54, 1.807) is 0 Å². The van der Waals surface area contributed by atoms with Crippen LogP contribution in [0.15, 0.2) is 0 Å². The summed E-state index contributed by atoms with van der Waals surface area (Å²) in [5.41, 5.74) is 0. The van der Waals surface area contributed by atoms with E-state index < -0.39 is 48.0 Å². The predicted octanol–water partition coefficient (Wildman–Crippen LogP) is -0.561. The molecular formula is C14H19NO7. The largest absolute Gasteiger partial charge is 0.461 e. The Morgan fingerprint density at radius 2 is 1.59 bits per heavy atom. The molecule has 0 N–H and O–H groups in total. The number of Topliss-reactive ketones (excluding diaryl/α,β-unsaturated/α-hetero) is 1. The number of nitrogens with zero attached hydrogens (tertiary/aromatic N) is 1. The monoisotopic (exact) mass is 313 g/mol. The molecule has 0 aromatic rings. The Labute approximate surface area is 127 Å². The molecule has 0 amide bonds. The highest BCUT2D eigenvalue weighted by molar-refractivity contribution is 5.92. The lowest BCUT2D eigenvalue weighted by atomic mass is 9.94. The zero-order valence-electron chi connectivity index (χ0n) is 12.7. The van der Waals surface area contributed by atoms with Gasteiger partial charge in [0.15, 0.2) is 12.2 Å². The molecule has 0 unspecified atom stereocenters. The van der Waals surface area contributed by atoms with Gasteiger partial charge in [0.2, 0.25) is 5.78 Å². The van der Waals surface area contributed by atoms with Gasteiger partial charge in [-0.1, -0.05) is 0 Å². The van der Waals surface area contributed by atoms with Crippen LogP contribution in [-0.4, -0.2) is 66.0 Å². The van der Waals surface area contributed by atoms with Crippen LogP contribution in [0.2, 0.25) is 0 Å². The fraction of sp³-hybridized carbons (Fsp3) is 0.714. The first-order valence-corrected chi connectivity index (χ1v) is 7.09. The first-order valence-electron chi connectivity index (χ1n) is 7.09. The quantitative estimate of drug-likeness (QED) is 0.505. The second kappa shape index (κ2) is 6.43. The number of carbonyl (C=O) groups excluding carboxylic acids is 4. The average molecular weight is 313 g/mol. The number of rotatable bonds is 3. The molecule has 122 valence electrons. The third-order valence-electron chi connectivity index (χ3n) is 3.73. The van der Waals surface area contributed by atoms with Crippen LogP contribution in [0.3, 0.4) is 0 Å². The molecule has 2 saturated heterocycles. The smallest absolute Gasteiger partial charge is 0.303 e. The Morgan fingerprint density at radius 3 is 2.14 bits per heavy atom. The van der Waals surface area contributed by atoms with Crippen LogP contribution in [0.1, 0.15) is 27.2 Å². The summed E-state index contributed by atoms with van der Waals surface area (Å²) in [6, 6.07) is -0.535. The third-order valence-corrected chi connectivity index (χ3v) is 3.73. The van der Waals surface area contributed by atoms with Crippen molar-refractivity contribution in [2.75, 3.05) is 13.1 Å². The molecule has 2 rings (SSSR count). The molecular weight excluding hydrogens is 294 g/mol. The number of piperidine rings is 1. The molecule has 0 aromatic heterocycles. The van der Waals surface area contributed by atoms with Gasteiger partial charge in [-0.3, -0.25) is 24.1 Å². The van der Waals surface area contributed by atoms with Gasteiger partial charge in [0.25, 0.3) is 0 Å². The highest BCUT2D eigenvalue weighted by Gasteiger charge is 2.53. The van der Waals surface area contributed by atoms with Crippen molar-refractivity contribution in [2.24, 2.45) is 0 Å². The lowest BCUT2D eigenvalue weighted by Gasteiger charge is -2.39. The number of fused-ring (bicyclic) bond motifs is 1. The molecule has 8 heteroatoms. The number of hydrogen-bond acceptors (Lipinski definition) is 8. The Hall–Kier alpha value is -1.96. The molecule has 0 aromatic carbocycles. The van der Waals surface area contributed by atoms with Gasteiger partial charge in [0.1, 0.15) is 6.10 Å². The van der Waals surface area contributed by atoms with E-state index in [2.05, 4.69) is 0 Å². The van der Waals surface area contributed by atoms with Gasteiger partial charge >= 0.3 is 17.9 Å². The minimum absolute atomic E-state index is 0.207. The lowest BCUT2D eigenvalue weighted by molar-refractivity contribution is -0.177. The molecule has 2 fully saturated rings. The van der Waals surface area contributed by atoms with Crippen molar-refractivity contribution in [1.29, 1.82) is 0 Å². The second-order valence-corrected chi connectivity index (χ2v) is 5.45. The molecule has 0 bridgehead atoms. The molecule has 0 radical (unpaired) electrons. The molecule has 8 nitrogen and oxygen atoms in total. The van der Waals surface area contributed by atoms with E-state index in [1.165, 1.54) is 20.8 Å². The maximum Gasteiger partial charge on any atom is 0.303 e. The fourth-order valence-corrected chi connectivity index (χ4v) is 3.05. The van der Waals surface area contributed by atoms with E-state index in [-0.39, 0.29) is 6.54 Å². The van der Waals surface area contributed by atoms with E-state index in [0.717, 1.165) is 0 Å². The van der Waals surface area contributed by atoms with Crippen molar-refractivity contribution in [1.82, 2.24) is 4.90 Å². The highest BCUT2D eigenvalue weighted by atomic mass is 16.6. The first-order chi connectivity index (χ1) is 10.3. The van der Waals surface area contributed by atoms with E-state index in [1.807, 2.05) is 4.90 Å². The average Bonchev–Trinajstić information content (AvgIpc) is 2.75. The van der Waals surface area contributed by atoms with Crippen LogP contribution >= 0.6 is 0 Å². The summed E-state index contributed by atoms with van der Waals surface area (Å²) < 4.78 is 15.4.